The monoisotopic (exact) mass is 219 g/mol. The molecule has 1 aromatic heterocycles. The van der Waals surface area contributed by atoms with Crippen LogP contribution in [0.4, 0.5) is 0 Å². The molecule has 1 fully saturated rings. The van der Waals surface area contributed by atoms with Gasteiger partial charge in [-0.15, -0.1) is 0 Å². The van der Waals surface area contributed by atoms with Gasteiger partial charge in [0.05, 0.1) is 6.26 Å². The van der Waals surface area contributed by atoms with Crippen molar-refractivity contribution in [2.45, 2.75) is 25.7 Å². The maximum Gasteiger partial charge on any atom is 0.246 e. The van der Waals surface area contributed by atoms with Crippen LogP contribution in [-0.2, 0) is 4.79 Å². The van der Waals surface area contributed by atoms with Crippen LogP contribution in [0.3, 0.4) is 0 Å². The van der Waals surface area contributed by atoms with Gasteiger partial charge in [0.25, 0.3) is 0 Å². The lowest BCUT2D eigenvalue weighted by Crippen LogP contribution is -2.30. The highest BCUT2D eigenvalue weighted by Gasteiger charge is 2.12. The topological polar surface area (TPSA) is 33.5 Å². The molecule has 3 nitrogen and oxygen atoms in total. The molecule has 1 amide bonds. The molecular formula is C13H17NO2. The van der Waals surface area contributed by atoms with Crippen LogP contribution in [0.5, 0.6) is 0 Å². The summed E-state index contributed by atoms with van der Waals surface area (Å²) < 4.78 is 5.14. The smallest absolute Gasteiger partial charge is 0.246 e. The average Bonchev–Trinajstić information content (AvgIpc) is 2.66. The predicted octanol–water partition coefficient (Wildman–Crippen LogP) is 2.70. The van der Waals surface area contributed by atoms with E-state index in [0.717, 1.165) is 31.7 Å². The van der Waals surface area contributed by atoms with Crippen LogP contribution in [0.1, 0.15) is 31.4 Å². The molecule has 1 aliphatic heterocycles. The Morgan fingerprint density at radius 3 is 2.62 bits per heavy atom. The first-order valence-electron chi connectivity index (χ1n) is 5.87. The molecule has 1 aromatic rings. The molecule has 1 saturated heterocycles. The van der Waals surface area contributed by atoms with Gasteiger partial charge in [-0.1, -0.05) is 12.8 Å². The Labute approximate surface area is 95.7 Å². The lowest BCUT2D eigenvalue weighted by molar-refractivity contribution is -0.125. The van der Waals surface area contributed by atoms with E-state index in [2.05, 4.69) is 0 Å². The Hall–Kier alpha value is -1.51. The molecule has 1 aliphatic rings. The third-order valence-corrected chi connectivity index (χ3v) is 2.85. The van der Waals surface area contributed by atoms with E-state index in [0.29, 0.717) is 0 Å². The zero-order valence-corrected chi connectivity index (χ0v) is 9.39. The van der Waals surface area contributed by atoms with Crippen LogP contribution in [0, 0.1) is 0 Å². The van der Waals surface area contributed by atoms with E-state index in [9.17, 15) is 4.79 Å². The van der Waals surface area contributed by atoms with Gasteiger partial charge < -0.3 is 9.32 Å². The van der Waals surface area contributed by atoms with Gasteiger partial charge in [0, 0.05) is 19.2 Å². The summed E-state index contributed by atoms with van der Waals surface area (Å²) in [7, 11) is 0. The fourth-order valence-electron chi connectivity index (χ4n) is 1.94. The molecule has 0 saturated carbocycles. The Morgan fingerprint density at radius 1 is 1.25 bits per heavy atom. The van der Waals surface area contributed by atoms with Gasteiger partial charge in [-0.2, -0.15) is 0 Å². The van der Waals surface area contributed by atoms with Crippen molar-refractivity contribution in [2.24, 2.45) is 0 Å². The van der Waals surface area contributed by atoms with Crippen molar-refractivity contribution in [1.29, 1.82) is 0 Å². The molecule has 0 bridgehead atoms. The molecule has 2 heterocycles. The molecule has 0 atom stereocenters. The minimum atomic E-state index is 0.0956. The molecule has 86 valence electrons. The summed E-state index contributed by atoms with van der Waals surface area (Å²) in [6, 6.07) is 3.66. The van der Waals surface area contributed by atoms with Gasteiger partial charge in [0.1, 0.15) is 5.76 Å². The Morgan fingerprint density at radius 2 is 2.00 bits per heavy atom. The lowest BCUT2D eigenvalue weighted by Gasteiger charge is -2.17. The number of furan rings is 1. The summed E-state index contributed by atoms with van der Waals surface area (Å²) in [6.45, 7) is 1.78. The Kier molecular flexibility index (Phi) is 3.81. The molecule has 0 N–H and O–H groups in total. The van der Waals surface area contributed by atoms with E-state index in [-0.39, 0.29) is 5.91 Å². The van der Waals surface area contributed by atoms with Crippen molar-refractivity contribution >= 4 is 12.0 Å². The van der Waals surface area contributed by atoms with Crippen LogP contribution in [0.2, 0.25) is 0 Å². The van der Waals surface area contributed by atoms with Crippen LogP contribution < -0.4 is 0 Å². The standard InChI is InChI=1S/C13H17NO2/c15-13(8-7-12-6-5-11-16-12)14-9-3-1-2-4-10-14/h5-8,11H,1-4,9-10H2/b8-7+. The summed E-state index contributed by atoms with van der Waals surface area (Å²) >= 11 is 0. The molecule has 0 spiro atoms. The summed E-state index contributed by atoms with van der Waals surface area (Å²) in [5, 5.41) is 0. The number of carbonyl (C=O) groups is 1. The van der Waals surface area contributed by atoms with E-state index in [1.165, 1.54) is 12.8 Å². The number of carbonyl (C=O) groups excluding carboxylic acids is 1. The quantitative estimate of drug-likeness (QED) is 0.716. The molecule has 0 unspecified atom stereocenters. The lowest BCUT2D eigenvalue weighted by atomic mass is 10.2. The summed E-state index contributed by atoms with van der Waals surface area (Å²) in [5.41, 5.74) is 0. The normalized spacial score (nSPS) is 17.6. The van der Waals surface area contributed by atoms with Crippen molar-refractivity contribution in [1.82, 2.24) is 4.90 Å². The van der Waals surface area contributed by atoms with E-state index in [1.807, 2.05) is 17.0 Å². The van der Waals surface area contributed by atoms with Gasteiger partial charge in [-0.25, -0.2) is 0 Å². The minimum Gasteiger partial charge on any atom is -0.465 e. The van der Waals surface area contributed by atoms with E-state index < -0.39 is 0 Å². The van der Waals surface area contributed by atoms with E-state index in [4.69, 9.17) is 4.42 Å². The molecule has 0 radical (unpaired) electrons. The molecule has 16 heavy (non-hydrogen) atoms. The van der Waals surface area contributed by atoms with Crippen LogP contribution in [0.25, 0.3) is 6.08 Å². The Bertz CT molecular complexity index is 346. The third kappa shape index (κ3) is 2.99. The number of hydrogen-bond acceptors (Lipinski definition) is 2. The van der Waals surface area contributed by atoms with Crippen molar-refractivity contribution < 1.29 is 9.21 Å². The fraction of sp³-hybridized carbons (Fsp3) is 0.462. The van der Waals surface area contributed by atoms with E-state index in [1.54, 1.807) is 18.4 Å². The first kappa shape index (κ1) is 11.0. The van der Waals surface area contributed by atoms with Crippen LogP contribution in [0.15, 0.2) is 28.9 Å². The zero-order chi connectivity index (χ0) is 11.2. The first-order valence-corrected chi connectivity index (χ1v) is 5.87. The van der Waals surface area contributed by atoms with Crippen molar-refractivity contribution in [2.75, 3.05) is 13.1 Å². The van der Waals surface area contributed by atoms with Crippen LogP contribution in [-0.4, -0.2) is 23.9 Å². The number of rotatable bonds is 2. The van der Waals surface area contributed by atoms with Gasteiger partial charge in [0.2, 0.25) is 5.91 Å². The van der Waals surface area contributed by atoms with Crippen molar-refractivity contribution in [3.05, 3.63) is 30.2 Å². The van der Waals surface area contributed by atoms with Crippen LogP contribution >= 0.6 is 0 Å². The van der Waals surface area contributed by atoms with Crippen molar-refractivity contribution in [3.63, 3.8) is 0 Å². The van der Waals surface area contributed by atoms with Gasteiger partial charge >= 0.3 is 0 Å². The third-order valence-electron chi connectivity index (χ3n) is 2.85. The first-order chi connectivity index (χ1) is 7.86. The highest BCUT2D eigenvalue weighted by molar-refractivity contribution is 5.91. The maximum atomic E-state index is 11.8. The largest absolute Gasteiger partial charge is 0.465 e. The molecule has 0 aliphatic carbocycles. The second-order valence-corrected chi connectivity index (χ2v) is 4.09. The van der Waals surface area contributed by atoms with Crippen molar-refractivity contribution in [3.8, 4) is 0 Å². The number of likely N-dealkylation sites (tertiary alicyclic amines) is 1. The van der Waals surface area contributed by atoms with E-state index >= 15 is 0 Å². The van der Waals surface area contributed by atoms with Gasteiger partial charge in [-0.05, 0) is 31.1 Å². The van der Waals surface area contributed by atoms with Gasteiger partial charge in [-0.3, -0.25) is 4.79 Å². The fourth-order valence-corrected chi connectivity index (χ4v) is 1.94. The molecule has 0 aromatic carbocycles. The number of hydrogen-bond donors (Lipinski definition) is 0. The minimum absolute atomic E-state index is 0.0956. The second kappa shape index (κ2) is 5.54. The highest BCUT2D eigenvalue weighted by atomic mass is 16.3. The summed E-state index contributed by atoms with van der Waals surface area (Å²) in [5.74, 6) is 0.821. The maximum absolute atomic E-state index is 11.8. The average molecular weight is 219 g/mol. The molecule has 3 heteroatoms. The zero-order valence-electron chi connectivity index (χ0n) is 9.39. The number of amides is 1. The summed E-state index contributed by atoms with van der Waals surface area (Å²) in [6.07, 6.45) is 9.67. The van der Waals surface area contributed by atoms with Gasteiger partial charge in [0.15, 0.2) is 0 Å². The predicted molar refractivity (Wildman–Crippen MR) is 62.8 cm³/mol. The molecular weight excluding hydrogens is 202 g/mol. The highest BCUT2D eigenvalue weighted by Crippen LogP contribution is 2.10. The molecule has 2 rings (SSSR count). The summed E-state index contributed by atoms with van der Waals surface area (Å²) in [4.78, 5) is 13.8. The SMILES string of the molecule is O=C(/C=C/c1ccco1)N1CCCCCC1. The number of nitrogens with zero attached hydrogens (tertiary/aromatic N) is 1. The second-order valence-electron chi connectivity index (χ2n) is 4.09. The Balaban J connectivity index is 1.91.